The molecule has 0 saturated heterocycles. The Kier molecular flexibility index (Phi) is 3.19. The van der Waals surface area contributed by atoms with E-state index in [-0.39, 0.29) is 35.3 Å². The van der Waals surface area contributed by atoms with Crippen molar-refractivity contribution in [1.82, 2.24) is 0 Å². The number of Topliss-reactive ketones (excluding diaryl/α,β-unsaturated/α-hetero) is 1. The summed E-state index contributed by atoms with van der Waals surface area (Å²) in [6, 6.07) is 5.98. The first-order valence-corrected chi connectivity index (χ1v) is 7.08. The van der Waals surface area contributed by atoms with Gasteiger partial charge >= 0.3 is 5.97 Å². The molecule has 4 heteroatoms. The number of ketones is 1. The van der Waals surface area contributed by atoms with Crippen molar-refractivity contribution in [2.45, 2.75) is 39.0 Å². The molecule has 0 saturated carbocycles. The van der Waals surface area contributed by atoms with Crippen LogP contribution in [0.25, 0.3) is 0 Å². The Morgan fingerprint density at radius 1 is 1.14 bits per heavy atom. The average Bonchev–Trinajstić information content (AvgIpc) is 2.36. The molecule has 1 aromatic rings. The number of allylic oxidation sites excluding steroid dienone is 2. The highest BCUT2D eigenvalue weighted by Crippen LogP contribution is 2.45. The molecular weight excluding hydrogens is 271 g/mol. The van der Waals surface area contributed by atoms with E-state index < -0.39 is 0 Å². The van der Waals surface area contributed by atoms with E-state index in [1.807, 2.05) is 13.8 Å². The summed E-state index contributed by atoms with van der Waals surface area (Å²) in [4.78, 5) is 24.3. The van der Waals surface area contributed by atoms with Gasteiger partial charge < -0.3 is 4.74 Å². The standard InChI is InChI=1S/C17H17FO3/c1-17(2)8-13(19)16-12(7-15(20)21-14(16)9-17)10-3-5-11(18)6-4-10/h3-6,12H,7-9H2,1-2H3. The van der Waals surface area contributed by atoms with Crippen molar-refractivity contribution in [2.75, 3.05) is 0 Å². The Hall–Kier alpha value is -1.97. The highest BCUT2D eigenvalue weighted by molar-refractivity contribution is 6.00. The van der Waals surface area contributed by atoms with Crippen LogP contribution in [0.4, 0.5) is 4.39 Å². The normalized spacial score (nSPS) is 24.6. The molecule has 1 unspecified atom stereocenters. The first-order chi connectivity index (χ1) is 9.85. The summed E-state index contributed by atoms with van der Waals surface area (Å²) in [5.41, 5.74) is 1.19. The first kappa shape index (κ1) is 14.0. The molecule has 0 radical (unpaired) electrons. The molecule has 0 aromatic heterocycles. The van der Waals surface area contributed by atoms with E-state index in [0.717, 1.165) is 5.56 Å². The van der Waals surface area contributed by atoms with Gasteiger partial charge in [0.15, 0.2) is 5.78 Å². The molecule has 1 heterocycles. The number of carbonyl (C=O) groups is 2. The lowest BCUT2D eigenvalue weighted by Gasteiger charge is -2.36. The van der Waals surface area contributed by atoms with Gasteiger partial charge in [0.25, 0.3) is 0 Å². The lowest BCUT2D eigenvalue weighted by Crippen LogP contribution is -2.33. The minimum atomic E-state index is -0.331. The minimum Gasteiger partial charge on any atom is -0.431 e. The van der Waals surface area contributed by atoms with Gasteiger partial charge in [-0.15, -0.1) is 0 Å². The third-order valence-corrected chi connectivity index (χ3v) is 4.11. The number of esters is 1. The van der Waals surface area contributed by atoms with Gasteiger partial charge in [0.05, 0.1) is 6.42 Å². The van der Waals surface area contributed by atoms with Gasteiger partial charge in [-0.2, -0.15) is 0 Å². The van der Waals surface area contributed by atoms with Gasteiger partial charge in [-0.25, -0.2) is 4.39 Å². The van der Waals surface area contributed by atoms with E-state index >= 15 is 0 Å². The summed E-state index contributed by atoms with van der Waals surface area (Å²) in [6.07, 6.45) is 1.16. The van der Waals surface area contributed by atoms with Crippen molar-refractivity contribution in [3.8, 4) is 0 Å². The summed E-state index contributed by atoms with van der Waals surface area (Å²) in [5.74, 6) is -0.439. The molecule has 1 aromatic carbocycles. The second-order valence-corrected chi connectivity index (χ2v) is 6.56. The van der Waals surface area contributed by atoms with Crippen molar-refractivity contribution in [2.24, 2.45) is 5.41 Å². The molecule has 1 aliphatic heterocycles. The largest absolute Gasteiger partial charge is 0.431 e. The third kappa shape index (κ3) is 2.62. The van der Waals surface area contributed by atoms with E-state index in [1.165, 1.54) is 12.1 Å². The lowest BCUT2D eigenvalue weighted by atomic mass is 9.71. The van der Waals surface area contributed by atoms with Crippen LogP contribution >= 0.6 is 0 Å². The number of ether oxygens (including phenoxy) is 1. The van der Waals surface area contributed by atoms with Gasteiger partial charge in [-0.1, -0.05) is 26.0 Å². The maximum atomic E-state index is 13.1. The molecule has 0 fully saturated rings. The van der Waals surface area contributed by atoms with Crippen LogP contribution in [-0.4, -0.2) is 11.8 Å². The minimum absolute atomic E-state index is 0.0306. The third-order valence-electron chi connectivity index (χ3n) is 4.11. The van der Waals surface area contributed by atoms with E-state index in [0.29, 0.717) is 24.2 Å². The van der Waals surface area contributed by atoms with Crippen LogP contribution in [0.15, 0.2) is 35.6 Å². The molecule has 2 aliphatic rings. The van der Waals surface area contributed by atoms with Crippen LogP contribution in [0.2, 0.25) is 0 Å². The summed E-state index contributed by atoms with van der Waals surface area (Å²) in [6.45, 7) is 3.98. The number of rotatable bonds is 1. The van der Waals surface area contributed by atoms with Crippen molar-refractivity contribution in [3.63, 3.8) is 0 Å². The van der Waals surface area contributed by atoms with E-state index in [2.05, 4.69) is 0 Å². The summed E-state index contributed by atoms with van der Waals surface area (Å²) < 4.78 is 18.4. The molecule has 110 valence electrons. The Morgan fingerprint density at radius 3 is 2.48 bits per heavy atom. The fourth-order valence-corrected chi connectivity index (χ4v) is 3.18. The highest BCUT2D eigenvalue weighted by atomic mass is 19.1. The molecule has 0 bridgehead atoms. The smallest absolute Gasteiger partial charge is 0.311 e. The molecule has 0 amide bonds. The van der Waals surface area contributed by atoms with E-state index in [4.69, 9.17) is 4.74 Å². The van der Waals surface area contributed by atoms with E-state index in [9.17, 15) is 14.0 Å². The van der Waals surface area contributed by atoms with Crippen LogP contribution in [-0.2, 0) is 14.3 Å². The van der Waals surface area contributed by atoms with Gasteiger partial charge in [0, 0.05) is 24.3 Å². The van der Waals surface area contributed by atoms with Gasteiger partial charge in [-0.05, 0) is 23.1 Å². The van der Waals surface area contributed by atoms with Crippen molar-refractivity contribution in [3.05, 3.63) is 47.0 Å². The predicted octanol–water partition coefficient (Wildman–Crippen LogP) is 3.50. The number of carbonyl (C=O) groups excluding carboxylic acids is 2. The highest BCUT2D eigenvalue weighted by Gasteiger charge is 2.41. The van der Waals surface area contributed by atoms with Crippen LogP contribution in [0.5, 0.6) is 0 Å². The Balaban J connectivity index is 2.06. The fraction of sp³-hybridized carbons (Fsp3) is 0.412. The average molecular weight is 288 g/mol. The van der Waals surface area contributed by atoms with Crippen LogP contribution in [0, 0.1) is 11.2 Å². The summed E-state index contributed by atoms with van der Waals surface area (Å²) >= 11 is 0. The summed E-state index contributed by atoms with van der Waals surface area (Å²) in [7, 11) is 0. The molecule has 0 N–H and O–H groups in total. The maximum absolute atomic E-state index is 13.1. The first-order valence-electron chi connectivity index (χ1n) is 7.08. The number of benzene rings is 1. The quantitative estimate of drug-likeness (QED) is 0.743. The molecule has 3 rings (SSSR count). The molecular formula is C17H17FO3. The van der Waals surface area contributed by atoms with Gasteiger partial charge in [0.2, 0.25) is 0 Å². The zero-order chi connectivity index (χ0) is 15.2. The Morgan fingerprint density at radius 2 is 1.81 bits per heavy atom. The SMILES string of the molecule is CC1(C)CC(=O)C2=C(C1)OC(=O)CC2c1ccc(F)cc1. The van der Waals surface area contributed by atoms with Crippen molar-refractivity contribution in [1.29, 1.82) is 0 Å². The van der Waals surface area contributed by atoms with E-state index in [1.54, 1.807) is 12.1 Å². The van der Waals surface area contributed by atoms with Gasteiger partial charge in [0.1, 0.15) is 11.6 Å². The molecule has 1 atom stereocenters. The molecule has 0 spiro atoms. The predicted molar refractivity (Wildman–Crippen MR) is 74.9 cm³/mol. The second-order valence-electron chi connectivity index (χ2n) is 6.56. The number of hydrogen-bond acceptors (Lipinski definition) is 3. The maximum Gasteiger partial charge on any atom is 0.311 e. The topological polar surface area (TPSA) is 43.4 Å². The zero-order valence-corrected chi connectivity index (χ0v) is 12.1. The monoisotopic (exact) mass is 288 g/mol. The molecule has 3 nitrogen and oxygen atoms in total. The van der Waals surface area contributed by atoms with Gasteiger partial charge in [-0.3, -0.25) is 9.59 Å². The fourth-order valence-electron chi connectivity index (χ4n) is 3.18. The number of hydrogen-bond donors (Lipinski definition) is 0. The number of halogens is 1. The zero-order valence-electron chi connectivity index (χ0n) is 12.1. The van der Waals surface area contributed by atoms with Crippen LogP contribution in [0.1, 0.15) is 44.6 Å². The lowest BCUT2D eigenvalue weighted by molar-refractivity contribution is -0.142. The van der Waals surface area contributed by atoms with Crippen molar-refractivity contribution < 1.29 is 18.7 Å². The molecule has 1 aliphatic carbocycles. The van der Waals surface area contributed by atoms with Crippen LogP contribution < -0.4 is 0 Å². The Labute approximate surface area is 122 Å². The molecule has 21 heavy (non-hydrogen) atoms. The van der Waals surface area contributed by atoms with Crippen molar-refractivity contribution >= 4 is 11.8 Å². The summed E-state index contributed by atoms with van der Waals surface area (Å²) in [5, 5.41) is 0. The Bertz CT molecular complexity index is 641. The second kappa shape index (κ2) is 4.79. The van der Waals surface area contributed by atoms with Crippen LogP contribution in [0.3, 0.4) is 0 Å².